The largest absolute Gasteiger partial charge is 0.475 e. The molecule has 252 valence electrons. The van der Waals surface area contributed by atoms with Gasteiger partial charge in [0, 0.05) is 30.3 Å². The lowest BCUT2D eigenvalue weighted by atomic mass is 9.84. The Kier molecular flexibility index (Phi) is 8.70. The Labute approximate surface area is 283 Å². The first-order valence-corrected chi connectivity index (χ1v) is 17.8. The molecule has 0 saturated carbocycles. The highest BCUT2D eigenvalue weighted by atomic mass is 32.2. The molecule has 2 aliphatic heterocycles. The number of aryl methyl sites for hydroxylation is 2. The molecule has 4 aromatic rings. The van der Waals surface area contributed by atoms with E-state index in [1.165, 1.54) is 12.1 Å². The first kappa shape index (κ1) is 33.4. The molecule has 48 heavy (non-hydrogen) atoms. The zero-order valence-corrected chi connectivity index (χ0v) is 29.6. The lowest BCUT2D eigenvalue weighted by molar-refractivity contribution is 0.0509. The van der Waals surface area contributed by atoms with E-state index in [4.69, 9.17) is 9.72 Å². The van der Waals surface area contributed by atoms with Crippen molar-refractivity contribution in [1.82, 2.24) is 19.9 Å². The van der Waals surface area contributed by atoms with Gasteiger partial charge in [-0.1, -0.05) is 58.9 Å². The van der Waals surface area contributed by atoms with Gasteiger partial charge >= 0.3 is 0 Å². The summed E-state index contributed by atoms with van der Waals surface area (Å²) in [5.41, 5.74) is 5.51. The Morgan fingerprint density at radius 2 is 1.69 bits per heavy atom. The van der Waals surface area contributed by atoms with E-state index >= 15 is 0 Å². The monoisotopic (exact) mass is 668 g/mol. The van der Waals surface area contributed by atoms with Crippen LogP contribution in [-0.2, 0) is 16.6 Å². The first-order chi connectivity index (χ1) is 22.6. The maximum Gasteiger partial charge on any atom is 0.264 e. The highest BCUT2D eigenvalue weighted by Crippen LogP contribution is 2.34. The molecule has 0 spiro atoms. The standard InChI is InChI=1S/C37H44N6O4S/c1-24-10-8-11-25(2)33(24)31-17-32-40-35(39-31)41-48(45,46)30-13-9-12-26(16-30)34(44)43(29(21-47-32)18-36(3,4)5)20-27-14-15-28(19-38-27)42-22-37(6,7)23-42/h8-17,19,29H,18,20-23H2,1-7H3,(H,39,40,41)/t29-/m1/s1. The zero-order valence-electron chi connectivity index (χ0n) is 28.7. The molecule has 2 aromatic carbocycles. The number of aromatic nitrogens is 3. The van der Waals surface area contributed by atoms with Crippen molar-refractivity contribution in [2.75, 3.05) is 29.3 Å². The predicted octanol–water partition coefficient (Wildman–Crippen LogP) is 6.64. The number of sulfonamides is 1. The third kappa shape index (κ3) is 7.31. The molecule has 1 amide bonds. The van der Waals surface area contributed by atoms with Crippen LogP contribution in [-0.4, -0.2) is 59.9 Å². The number of anilines is 2. The number of hydrogen-bond donors (Lipinski definition) is 1. The normalized spacial score (nSPS) is 18.8. The van der Waals surface area contributed by atoms with Crippen LogP contribution in [0.15, 0.2) is 71.8 Å². The molecule has 0 unspecified atom stereocenters. The van der Waals surface area contributed by atoms with Gasteiger partial charge in [-0.25, -0.2) is 18.1 Å². The molecule has 11 heteroatoms. The summed E-state index contributed by atoms with van der Waals surface area (Å²) >= 11 is 0. The lowest BCUT2D eigenvalue weighted by Crippen LogP contribution is -2.53. The Morgan fingerprint density at radius 1 is 0.979 bits per heavy atom. The summed E-state index contributed by atoms with van der Waals surface area (Å²) in [5, 5.41) is 0. The number of nitrogens with one attached hydrogen (secondary N) is 1. The second-order valence-electron chi connectivity index (χ2n) is 15.0. The van der Waals surface area contributed by atoms with Crippen LogP contribution in [0.3, 0.4) is 0 Å². The molecule has 1 saturated heterocycles. The molecule has 2 aromatic heterocycles. The molecular formula is C37H44N6O4S. The number of benzene rings is 2. The highest BCUT2D eigenvalue weighted by molar-refractivity contribution is 7.92. The molecule has 1 atom stereocenters. The number of nitrogens with zero attached hydrogens (tertiary/aromatic N) is 5. The second-order valence-corrected chi connectivity index (χ2v) is 16.7. The summed E-state index contributed by atoms with van der Waals surface area (Å²) in [5.74, 6) is -0.216. The minimum atomic E-state index is -4.16. The number of ether oxygens (including phenoxy) is 1. The molecular weight excluding hydrogens is 625 g/mol. The SMILES string of the molecule is Cc1cccc(C)c1-c1cc2nc(n1)NS(=O)(=O)c1cccc(c1)C(=O)N(Cc1ccc(N3CC(C)(C)C3)cn1)[C@H](CC(C)(C)C)CO2. The Hall–Kier alpha value is -4.51. The summed E-state index contributed by atoms with van der Waals surface area (Å²) in [6.45, 7) is 17.1. The van der Waals surface area contributed by atoms with E-state index in [1.807, 2.05) is 50.4 Å². The fraction of sp³-hybridized carbons (Fsp3) is 0.405. The van der Waals surface area contributed by atoms with Crippen LogP contribution in [0.5, 0.6) is 5.88 Å². The predicted molar refractivity (Wildman–Crippen MR) is 188 cm³/mol. The van der Waals surface area contributed by atoms with Gasteiger partial charge in [0.25, 0.3) is 15.9 Å². The van der Waals surface area contributed by atoms with Crippen molar-refractivity contribution in [2.24, 2.45) is 10.8 Å². The smallest absolute Gasteiger partial charge is 0.264 e. The van der Waals surface area contributed by atoms with Crippen molar-refractivity contribution in [2.45, 2.75) is 72.4 Å². The molecule has 10 nitrogen and oxygen atoms in total. The van der Waals surface area contributed by atoms with Crippen LogP contribution >= 0.6 is 0 Å². The average Bonchev–Trinajstić information content (AvgIpc) is 3.00. The second kappa shape index (κ2) is 12.5. The third-order valence-corrected chi connectivity index (χ3v) is 10.1. The topological polar surface area (TPSA) is 118 Å². The van der Waals surface area contributed by atoms with E-state index in [-0.39, 0.29) is 52.2 Å². The van der Waals surface area contributed by atoms with Crippen LogP contribution in [0.1, 0.15) is 68.2 Å². The van der Waals surface area contributed by atoms with Crippen molar-refractivity contribution in [3.05, 3.63) is 89.2 Å². The Bertz CT molecular complexity index is 1930. The van der Waals surface area contributed by atoms with Crippen molar-refractivity contribution in [3.63, 3.8) is 0 Å². The number of carbonyl (C=O) groups is 1. The number of rotatable bonds is 5. The minimum Gasteiger partial charge on any atom is -0.475 e. The van der Waals surface area contributed by atoms with Gasteiger partial charge in [0.15, 0.2) is 0 Å². The van der Waals surface area contributed by atoms with E-state index in [9.17, 15) is 13.2 Å². The number of fused-ring (bicyclic) bond motifs is 4. The summed E-state index contributed by atoms with van der Waals surface area (Å²) < 4.78 is 36.3. The molecule has 1 fully saturated rings. The van der Waals surface area contributed by atoms with Gasteiger partial charge in [-0.15, -0.1) is 0 Å². The van der Waals surface area contributed by atoms with Gasteiger partial charge in [0.2, 0.25) is 11.8 Å². The van der Waals surface area contributed by atoms with Crippen LogP contribution in [0, 0.1) is 24.7 Å². The van der Waals surface area contributed by atoms with Crippen LogP contribution in [0.25, 0.3) is 11.3 Å². The van der Waals surface area contributed by atoms with E-state index in [0.29, 0.717) is 12.1 Å². The maximum absolute atomic E-state index is 14.4. The van der Waals surface area contributed by atoms with Crippen molar-refractivity contribution >= 4 is 27.6 Å². The Morgan fingerprint density at radius 3 is 2.33 bits per heavy atom. The fourth-order valence-corrected chi connectivity index (χ4v) is 7.58. The number of carbonyl (C=O) groups excluding carboxylic acids is 1. The quantitative estimate of drug-likeness (QED) is 0.252. The summed E-state index contributed by atoms with van der Waals surface area (Å²) in [6.07, 6.45) is 2.47. The molecule has 2 aliphatic rings. The minimum absolute atomic E-state index is 0.0663. The first-order valence-electron chi connectivity index (χ1n) is 16.3. The molecule has 4 bridgehead atoms. The number of pyridine rings is 1. The van der Waals surface area contributed by atoms with E-state index in [2.05, 4.69) is 54.2 Å². The van der Waals surface area contributed by atoms with E-state index in [0.717, 1.165) is 41.2 Å². The summed E-state index contributed by atoms with van der Waals surface area (Å²) in [4.78, 5) is 32.3. The summed E-state index contributed by atoms with van der Waals surface area (Å²) in [7, 11) is -4.16. The molecule has 0 aliphatic carbocycles. The Balaban J connectivity index is 1.43. The lowest BCUT2D eigenvalue weighted by Gasteiger charge is -2.47. The van der Waals surface area contributed by atoms with Gasteiger partial charge in [-0.2, -0.15) is 4.98 Å². The van der Waals surface area contributed by atoms with Gasteiger partial charge in [0.1, 0.15) is 6.61 Å². The van der Waals surface area contributed by atoms with Crippen LogP contribution < -0.4 is 14.4 Å². The van der Waals surface area contributed by atoms with Gasteiger partial charge < -0.3 is 14.5 Å². The molecule has 6 rings (SSSR count). The number of amides is 1. The van der Waals surface area contributed by atoms with E-state index < -0.39 is 16.1 Å². The highest BCUT2D eigenvalue weighted by Gasteiger charge is 2.35. The van der Waals surface area contributed by atoms with Crippen molar-refractivity contribution < 1.29 is 17.9 Å². The third-order valence-electron chi connectivity index (χ3n) is 8.77. The van der Waals surface area contributed by atoms with E-state index in [1.54, 1.807) is 23.1 Å². The molecule has 0 radical (unpaired) electrons. The van der Waals surface area contributed by atoms with Gasteiger partial charge in [-0.05, 0) is 72.6 Å². The average molecular weight is 669 g/mol. The molecule has 1 N–H and O–H groups in total. The van der Waals surface area contributed by atoms with Crippen LogP contribution in [0.4, 0.5) is 11.6 Å². The summed E-state index contributed by atoms with van der Waals surface area (Å²) in [6, 6.07) is 17.4. The zero-order chi connectivity index (χ0) is 34.4. The van der Waals surface area contributed by atoms with Crippen LogP contribution in [0.2, 0.25) is 0 Å². The van der Waals surface area contributed by atoms with Crippen molar-refractivity contribution in [3.8, 4) is 17.1 Å². The fourth-order valence-electron chi connectivity index (χ4n) is 6.59. The molecule has 4 heterocycles. The van der Waals surface area contributed by atoms with Gasteiger partial charge in [-0.3, -0.25) is 9.78 Å². The van der Waals surface area contributed by atoms with Gasteiger partial charge in [0.05, 0.1) is 40.8 Å². The van der Waals surface area contributed by atoms with Crippen molar-refractivity contribution in [1.29, 1.82) is 0 Å². The number of hydrogen-bond acceptors (Lipinski definition) is 8. The maximum atomic E-state index is 14.4.